The summed E-state index contributed by atoms with van der Waals surface area (Å²) in [6.45, 7) is 5.62. The number of amides is 3. The Morgan fingerprint density at radius 3 is 2.50 bits per heavy atom. The van der Waals surface area contributed by atoms with E-state index in [0.717, 1.165) is 16.3 Å². The number of anilines is 2. The number of hydrogen-bond donors (Lipinski definition) is 3. The summed E-state index contributed by atoms with van der Waals surface area (Å²) in [4.78, 5) is 28.4. The number of benzene rings is 4. The number of aliphatic hydroxyl groups excluding tert-OH is 1. The first-order valence-electron chi connectivity index (χ1n) is 15.2. The largest absolute Gasteiger partial charge is 0.488 e. The number of aliphatic hydroxyl groups is 1. The Morgan fingerprint density at radius 1 is 1.04 bits per heavy atom. The molecule has 0 fully saturated rings. The molecule has 3 amide bonds. The van der Waals surface area contributed by atoms with Crippen LogP contribution >= 0.6 is 0 Å². The smallest absolute Gasteiger partial charge is 0.323 e. The highest BCUT2D eigenvalue weighted by Crippen LogP contribution is 2.30. The number of carbonyl (C=O) groups excluding carboxylic acids is 2. The standard InChI is InChI=1S/C35H40N4O6S/c1-23-12-15-29(16-13-23)46(43,44)38(4)21-33-24(2)20-39(25(3)22-40)34(41)19-27-18-28(14-17-32(27)45-33)36-35(42)37-31-11-7-9-26-8-5-6-10-30(26)31/h5-18,24-25,33,40H,19-22H2,1-4H3,(H2,36,37,42)/t24-,25+,33+/m0/s1. The number of nitrogens with zero attached hydrogens (tertiary/aromatic N) is 2. The maximum Gasteiger partial charge on any atom is 0.323 e. The molecule has 242 valence electrons. The van der Waals surface area contributed by atoms with E-state index in [1.807, 2.05) is 56.3 Å². The van der Waals surface area contributed by atoms with Gasteiger partial charge in [-0.05, 0) is 55.6 Å². The van der Waals surface area contributed by atoms with Crippen molar-refractivity contribution in [2.45, 2.75) is 44.2 Å². The van der Waals surface area contributed by atoms with Crippen molar-refractivity contribution >= 4 is 44.1 Å². The van der Waals surface area contributed by atoms with Crippen molar-refractivity contribution in [3.63, 3.8) is 0 Å². The number of fused-ring (bicyclic) bond motifs is 2. The first-order chi connectivity index (χ1) is 22.0. The summed E-state index contributed by atoms with van der Waals surface area (Å²) >= 11 is 0. The molecular weight excluding hydrogens is 604 g/mol. The van der Waals surface area contributed by atoms with Gasteiger partial charge in [0.1, 0.15) is 11.9 Å². The summed E-state index contributed by atoms with van der Waals surface area (Å²) in [5, 5.41) is 17.6. The van der Waals surface area contributed by atoms with Crippen LogP contribution in [0.4, 0.5) is 16.2 Å². The second kappa shape index (κ2) is 13.9. The zero-order chi connectivity index (χ0) is 33.0. The lowest BCUT2D eigenvalue weighted by molar-refractivity contribution is -0.134. The van der Waals surface area contributed by atoms with E-state index in [9.17, 15) is 23.1 Å². The number of urea groups is 1. The molecule has 1 aliphatic heterocycles. The van der Waals surface area contributed by atoms with Crippen molar-refractivity contribution in [1.82, 2.24) is 9.21 Å². The van der Waals surface area contributed by atoms with Crippen molar-refractivity contribution in [2.24, 2.45) is 5.92 Å². The van der Waals surface area contributed by atoms with E-state index in [2.05, 4.69) is 10.6 Å². The normalized spacial score (nSPS) is 17.8. The zero-order valence-corrected chi connectivity index (χ0v) is 27.3. The van der Waals surface area contributed by atoms with Crippen LogP contribution < -0.4 is 15.4 Å². The third kappa shape index (κ3) is 7.33. The molecule has 1 heterocycles. The van der Waals surface area contributed by atoms with Gasteiger partial charge in [-0.2, -0.15) is 4.31 Å². The molecule has 4 aromatic rings. The summed E-state index contributed by atoms with van der Waals surface area (Å²) in [6.07, 6.45) is -0.659. The number of nitrogens with one attached hydrogen (secondary N) is 2. The van der Waals surface area contributed by atoms with Gasteiger partial charge in [0.2, 0.25) is 15.9 Å². The molecule has 0 aromatic heterocycles. The first-order valence-corrected chi connectivity index (χ1v) is 16.7. The molecule has 0 aliphatic carbocycles. The molecule has 46 heavy (non-hydrogen) atoms. The van der Waals surface area contributed by atoms with Gasteiger partial charge in [-0.3, -0.25) is 4.79 Å². The van der Waals surface area contributed by atoms with Crippen LogP contribution in [0.3, 0.4) is 0 Å². The lowest BCUT2D eigenvalue weighted by Crippen LogP contribution is -2.48. The van der Waals surface area contributed by atoms with Gasteiger partial charge < -0.3 is 25.4 Å². The van der Waals surface area contributed by atoms with Crippen LogP contribution in [0.5, 0.6) is 5.75 Å². The van der Waals surface area contributed by atoms with E-state index in [1.165, 1.54) is 11.4 Å². The maximum absolute atomic E-state index is 13.6. The van der Waals surface area contributed by atoms with Gasteiger partial charge in [0, 0.05) is 36.1 Å². The van der Waals surface area contributed by atoms with Crippen LogP contribution in [0.2, 0.25) is 0 Å². The SMILES string of the molecule is Cc1ccc(S(=O)(=O)N(C)C[C@H]2Oc3ccc(NC(=O)Nc4cccc5ccccc45)cc3CC(=O)N([C@H](C)CO)C[C@@H]2C)cc1. The van der Waals surface area contributed by atoms with Gasteiger partial charge in [0.15, 0.2) is 0 Å². The first kappa shape index (κ1) is 32.9. The fraction of sp³-hybridized carbons (Fsp3) is 0.314. The van der Waals surface area contributed by atoms with E-state index < -0.39 is 28.2 Å². The Bertz CT molecular complexity index is 1820. The lowest BCUT2D eigenvalue weighted by Gasteiger charge is -2.33. The van der Waals surface area contributed by atoms with Gasteiger partial charge in [-0.25, -0.2) is 13.2 Å². The molecule has 11 heteroatoms. The molecule has 3 atom stereocenters. The minimum Gasteiger partial charge on any atom is -0.488 e. The highest BCUT2D eigenvalue weighted by Gasteiger charge is 2.33. The summed E-state index contributed by atoms with van der Waals surface area (Å²) < 4.78 is 34.6. The van der Waals surface area contributed by atoms with Gasteiger partial charge >= 0.3 is 6.03 Å². The fourth-order valence-corrected chi connectivity index (χ4v) is 6.77. The monoisotopic (exact) mass is 644 g/mol. The molecule has 3 N–H and O–H groups in total. The van der Waals surface area contributed by atoms with Crippen molar-refractivity contribution < 1.29 is 27.9 Å². The molecule has 0 unspecified atom stereocenters. The van der Waals surface area contributed by atoms with E-state index >= 15 is 0 Å². The highest BCUT2D eigenvalue weighted by molar-refractivity contribution is 7.89. The van der Waals surface area contributed by atoms with Crippen LogP contribution in [0, 0.1) is 12.8 Å². The molecule has 0 spiro atoms. The fourth-order valence-electron chi connectivity index (χ4n) is 5.59. The van der Waals surface area contributed by atoms with Gasteiger partial charge in [-0.15, -0.1) is 0 Å². The van der Waals surface area contributed by atoms with Crippen LogP contribution in [0.1, 0.15) is 25.0 Å². The van der Waals surface area contributed by atoms with Crippen LogP contribution in [-0.2, 0) is 21.2 Å². The minimum absolute atomic E-state index is 0.0276. The molecule has 0 bridgehead atoms. The maximum atomic E-state index is 13.6. The Morgan fingerprint density at radius 2 is 1.76 bits per heavy atom. The van der Waals surface area contributed by atoms with Crippen molar-refractivity contribution in [2.75, 3.05) is 37.4 Å². The number of hydrogen-bond acceptors (Lipinski definition) is 6. The molecular formula is C35H40N4O6S. The van der Waals surface area contributed by atoms with Crippen molar-refractivity contribution in [3.8, 4) is 5.75 Å². The Kier molecular flexibility index (Phi) is 9.95. The number of aryl methyl sites for hydroxylation is 1. The Labute approximate surface area is 270 Å². The van der Waals surface area contributed by atoms with Gasteiger partial charge in [0.25, 0.3) is 0 Å². The second-order valence-electron chi connectivity index (χ2n) is 11.9. The summed E-state index contributed by atoms with van der Waals surface area (Å²) in [5.74, 6) is -0.0782. The predicted molar refractivity (Wildman–Crippen MR) is 180 cm³/mol. The third-order valence-electron chi connectivity index (χ3n) is 8.38. The topological polar surface area (TPSA) is 128 Å². The average Bonchev–Trinajstić information content (AvgIpc) is 3.08. The molecule has 1 aliphatic rings. The van der Waals surface area contributed by atoms with E-state index in [4.69, 9.17) is 4.74 Å². The minimum atomic E-state index is -3.81. The number of sulfonamides is 1. The molecule has 0 radical (unpaired) electrons. The van der Waals surface area contributed by atoms with Crippen LogP contribution in [0.15, 0.2) is 89.8 Å². The molecule has 5 rings (SSSR count). The van der Waals surface area contributed by atoms with Crippen LogP contribution in [0.25, 0.3) is 10.8 Å². The van der Waals surface area contributed by atoms with Crippen molar-refractivity contribution in [3.05, 3.63) is 96.1 Å². The summed E-state index contributed by atoms with van der Waals surface area (Å²) in [5.41, 5.74) is 2.60. The third-order valence-corrected chi connectivity index (χ3v) is 10.2. The van der Waals surface area contributed by atoms with E-state index in [1.54, 1.807) is 54.3 Å². The Hall–Kier alpha value is -4.45. The number of ether oxygens (including phenoxy) is 1. The number of carbonyl (C=O) groups is 2. The summed E-state index contributed by atoms with van der Waals surface area (Å²) in [6, 6.07) is 24.2. The van der Waals surface area contributed by atoms with Gasteiger partial charge in [-0.1, -0.05) is 61.0 Å². The van der Waals surface area contributed by atoms with Gasteiger partial charge in [0.05, 0.1) is 36.2 Å². The number of likely N-dealkylation sites (N-methyl/N-ethyl adjacent to an activating group) is 1. The molecule has 0 saturated carbocycles. The summed E-state index contributed by atoms with van der Waals surface area (Å²) in [7, 11) is -2.30. The van der Waals surface area contributed by atoms with Crippen LogP contribution in [-0.4, -0.2) is 73.6 Å². The predicted octanol–water partition coefficient (Wildman–Crippen LogP) is 5.26. The zero-order valence-electron chi connectivity index (χ0n) is 26.4. The lowest BCUT2D eigenvalue weighted by atomic mass is 10.0. The molecule has 10 nitrogen and oxygen atoms in total. The quantitative estimate of drug-likeness (QED) is 0.240. The van der Waals surface area contributed by atoms with Crippen molar-refractivity contribution in [1.29, 1.82) is 0 Å². The Balaban J connectivity index is 1.41. The second-order valence-corrected chi connectivity index (χ2v) is 14.0. The average molecular weight is 645 g/mol. The molecule has 4 aromatic carbocycles. The number of rotatable bonds is 8. The molecule has 0 saturated heterocycles. The van der Waals surface area contributed by atoms with E-state index in [0.29, 0.717) is 22.7 Å². The van der Waals surface area contributed by atoms with E-state index in [-0.39, 0.29) is 42.8 Å². The highest BCUT2D eigenvalue weighted by atomic mass is 32.2.